The lowest BCUT2D eigenvalue weighted by Gasteiger charge is -2.15. The largest absolute Gasteiger partial charge is 0.485 e. The monoisotopic (exact) mass is 368 g/mol. The number of ether oxygens (including phenoxy) is 4. The zero-order valence-corrected chi connectivity index (χ0v) is 14.0. The lowest BCUT2D eigenvalue weighted by atomic mass is 9.96. The number of hydrogen-bond acceptors (Lipinski definition) is 5. The average molecular weight is 369 g/mol. The van der Waals surface area contributed by atoms with E-state index in [1.54, 1.807) is 6.07 Å². The second kappa shape index (κ2) is 5.22. The van der Waals surface area contributed by atoms with Crippen molar-refractivity contribution in [2.24, 2.45) is 0 Å². The Hall–Kier alpha value is -1.11. The van der Waals surface area contributed by atoms with Crippen LogP contribution in [0.1, 0.15) is 31.2 Å². The molecule has 5 nitrogen and oxygen atoms in total. The summed E-state index contributed by atoms with van der Waals surface area (Å²) in [6.07, 6.45) is 1.64. The van der Waals surface area contributed by atoms with Gasteiger partial charge in [0.15, 0.2) is 17.6 Å². The molecule has 1 saturated carbocycles. The van der Waals surface area contributed by atoms with Crippen LogP contribution in [0.5, 0.6) is 11.5 Å². The molecular formula is C16H17BrO5. The van der Waals surface area contributed by atoms with Crippen LogP contribution < -0.4 is 9.47 Å². The van der Waals surface area contributed by atoms with Crippen LogP contribution in [0.25, 0.3) is 0 Å². The van der Waals surface area contributed by atoms with Crippen LogP contribution in [0.15, 0.2) is 16.6 Å². The number of epoxide rings is 1. The van der Waals surface area contributed by atoms with Gasteiger partial charge in [0, 0.05) is 23.6 Å². The van der Waals surface area contributed by atoms with Gasteiger partial charge in [-0.05, 0) is 18.6 Å². The number of fused-ring (bicyclic) bond motifs is 5. The molecule has 1 saturated heterocycles. The van der Waals surface area contributed by atoms with Crippen molar-refractivity contribution in [3.05, 3.63) is 22.2 Å². The molecule has 4 rings (SSSR count). The first-order chi connectivity index (χ1) is 10.6. The van der Waals surface area contributed by atoms with Gasteiger partial charge >= 0.3 is 5.97 Å². The van der Waals surface area contributed by atoms with Gasteiger partial charge in [0.25, 0.3) is 0 Å². The molecule has 3 aliphatic rings. The molecule has 3 unspecified atom stereocenters. The predicted molar refractivity (Wildman–Crippen MR) is 81.3 cm³/mol. The molecule has 0 aromatic heterocycles. The smallest absolute Gasteiger partial charge is 0.340 e. The highest BCUT2D eigenvalue weighted by Gasteiger charge is 2.60. The molecule has 0 N–H and O–H groups in total. The molecule has 0 amide bonds. The third-order valence-corrected chi connectivity index (χ3v) is 5.10. The minimum absolute atomic E-state index is 0.134. The van der Waals surface area contributed by atoms with Gasteiger partial charge in [-0.15, -0.1) is 0 Å². The molecule has 1 aromatic carbocycles. The van der Waals surface area contributed by atoms with Crippen molar-refractivity contribution in [2.75, 3.05) is 7.11 Å². The van der Waals surface area contributed by atoms with E-state index >= 15 is 0 Å². The number of carbonyl (C=O) groups is 1. The topological polar surface area (TPSA) is 57.3 Å². The molecule has 2 fully saturated rings. The van der Waals surface area contributed by atoms with E-state index < -0.39 is 12.1 Å². The Morgan fingerprint density at radius 2 is 2.27 bits per heavy atom. The molecule has 5 atom stereocenters. The van der Waals surface area contributed by atoms with E-state index in [1.165, 1.54) is 7.11 Å². The number of carbonyl (C=O) groups excluding carboxylic acids is 1. The maximum atomic E-state index is 12.2. The fourth-order valence-electron chi connectivity index (χ4n) is 3.54. The third kappa shape index (κ3) is 2.16. The number of halogens is 1. The van der Waals surface area contributed by atoms with E-state index in [0.29, 0.717) is 24.0 Å². The quantitative estimate of drug-likeness (QED) is 0.464. The number of rotatable bonds is 4. The fourth-order valence-corrected chi connectivity index (χ4v) is 4.00. The van der Waals surface area contributed by atoms with Gasteiger partial charge in [0.1, 0.15) is 6.10 Å². The van der Waals surface area contributed by atoms with E-state index in [4.69, 9.17) is 18.9 Å². The Labute approximate surface area is 137 Å². The number of benzene rings is 1. The first-order valence-corrected chi connectivity index (χ1v) is 8.31. The molecule has 0 radical (unpaired) electrons. The second-order valence-electron chi connectivity index (χ2n) is 5.93. The van der Waals surface area contributed by atoms with Crippen LogP contribution in [0, 0.1) is 0 Å². The summed E-state index contributed by atoms with van der Waals surface area (Å²) in [6, 6.07) is 3.81. The number of hydrogen-bond donors (Lipinski definition) is 0. The normalized spacial score (nSPS) is 31.8. The predicted octanol–water partition coefficient (Wildman–Crippen LogP) is 2.80. The van der Waals surface area contributed by atoms with E-state index in [2.05, 4.69) is 15.9 Å². The summed E-state index contributed by atoms with van der Waals surface area (Å²) in [5.41, 5.74) is 1.07. The highest BCUT2D eigenvalue weighted by Crippen LogP contribution is 2.58. The van der Waals surface area contributed by atoms with Gasteiger partial charge < -0.3 is 18.9 Å². The Kier molecular flexibility index (Phi) is 3.43. The van der Waals surface area contributed by atoms with Gasteiger partial charge in [0.05, 0.1) is 18.1 Å². The summed E-state index contributed by atoms with van der Waals surface area (Å²) >= 11 is 3.49. The van der Waals surface area contributed by atoms with E-state index in [-0.39, 0.29) is 18.1 Å². The molecule has 1 aromatic rings. The third-order valence-electron chi connectivity index (χ3n) is 4.65. The fraction of sp³-hybridized carbons (Fsp3) is 0.562. The van der Waals surface area contributed by atoms with Crippen molar-refractivity contribution in [3.63, 3.8) is 0 Å². The summed E-state index contributed by atoms with van der Waals surface area (Å²) in [7, 11) is 1.51. The number of esters is 1. The summed E-state index contributed by atoms with van der Waals surface area (Å²) < 4.78 is 23.2. The van der Waals surface area contributed by atoms with Gasteiger partial charge in [-0.3, -0.25) is 0 Å². The summed E-state index contributed by atoms with van der Waals surface area (Å²) in [5, 5.41) is 0. The maximum absolute atomic E-state index is 12.2. The van der Waals surface area contributed by atoms with Crippen LogP contribution in [-0.2, 0) is 14.3 Å². The maximum Gasteiger partial charge on any atom is 0.340 e. The zero-order valence-electron chi connectivity index (χ0n) is 12.4. The standard InChI is InChI=1S/C16H17BrO5/c1-3-9(19-2)16(18)22-11-5-7(17)4-8-13-10(20-14(8)11)6-12-15(13)21-12/h4-5,9-10,12-13,15H,3,6H2,1-2H3/t9?,10?,12-,13?,15-/m1/s1. The summed E-state index contributed by atoms with van der Waals surface area (Å²) in [4.78, 5) is 12.2. The first-order valence-electron chi connectivity index (χ1n) is 7.52. The van der Waals surface area contributed by atoms with Gasteiger partial charge in [-0.1, -0.05) is 22.9 Å². The lowest BCUT2D eigenvalue weighted by molar-refractivity contribution is -0.145. The molecule has 118 valence electrons. The first kappa shape index (κ1) is 14.5. The van der Waals surface area contributed by atoms with Crippen LogP contribution in [0.3, 0.4) is 0 Å². The van der Waals surface area contributed by atoms with Crippen molar-refractivity contribution in [1.82, 2.24) is 0 Å². The van der Waals surface area contributed by atoms with E-state index in [0.717, 1.165) is 16.5 Å². The lowest BCUT2D eigenvalue weighted by Crippen LogP contribution is -2.27. The van der Waals surface area contributed by atoms with Crippen LogP contribution >= 0.6 is 15.9 Å². The average Bonchev–Trinajstić information content (AvgIpc) is 2.99. The van der Waals surface area contributed by atoms with Crippen LogP contribution in [-0.4, -0.2) is 37.5 Å². The summed E-state index contributed by atoms with van der Waals surface area (Å²) in [6.45, 7) is 1.88. The van der Waals surface area contributed by atoms with Crippen molar-refractivity contribution in [1.29, 1.82) is 0 Å². The molecule has 0 bridgehead atoms. The Morgan fingerprint density at radius 1 is 1.45 bits per heavy atom. The zero-order chi connectivity index (χ0) is 15.4. The van der Waals surface area contributed by atoms with Crippen molar-refractivity contribution >= 4 is 21.9 Å². The minimum Gasteiger partial charge on any atom is -0.485 e. The van der Waals surface area contributed by atoms with Crippen LogP contribution in [0.2, 0.25) is 0 Å². The van der Waals surface area contributed by atoms with Gasteiger partial charge in [-0.25, -0.2) is 4.79 Å². The number of methoxy groups -OCH3 is 1. The van der Waals surface area contributed by atoms with E-state index in [1.807, 2.05) is 13.0 Å². The molecule has 6 heteroatoms. The van der Waals surface area contributed by atoms with Crippen molar-refractivity contribution < 1.29 is 23.7 Å². The van der Waals surface area contributed by atoms with Crippen LogP contribution in [0.4, 0.5) is 0 Å². The van der Waals surface area contributed by atoms with Crippen molar-refractivity contribution in [3.8, 4) is 11.5 Å². The molecular weight excluding hydrogens is 352 g/mol. The minimum atomic E-state index is -0.563. The Bertz CT molecular complexity index is 627. The van der Waals surface area contributed by atoms with E-state index in [9.17, 15) is 4.79 Å². The summed E-state index contributed by atoms with van der Waals surface area (Å²) in [5.74, 6) is 0.980. The Balaban J connectivity index is 1.64. The molecule has 1 aliphatic carbocycles. The second-order valence-corrected chi connectivity index (χ2v) is 6.85. The SMILES string of the molecule is CCC(OC)C(=O)Oc1cc(Br)cc2c1OC1C[C@H]3O[C@H]3C21. The molecule has 2 aliphatic heterocycles. The highest BCUT2D eigenvalue weighted by molar-refractivity contribution is 9.10. The highest BCUT2D eigenvalue weighted by atomic mass is 79.9. The molecule has 2 heterocycles. The van der Waals surface area contributed by atoms with Gasteiger partial charge in [0.2, 0.25) is 0 Å². The van der Waals surface area contributed by atoms with Crippen molar-refractivity contribution in [2.45, 2.75) is 50.1 Å². The van der Waals surface area contributed by atoms with Gasteiger partial charge in [-0.2, -0.15) is 0 Å². The molecule has 0 spiro atoms. The molecule has 22 heavy (non-hydrogen) atoms. The Morgan fingerprint density at radius 3 is 3.00 bits per heavy atom.